The second-order valence-electron chi connectivity index (χ2n) is 5.67. The minimum absolute atomic E-state index is 0.502. The van der Waals surface area contributed by atoms with Crippen molar-refractivity contribution in [3.63, 3.8) is 0 Å². The third kappa shape index (κ3) is 4.31. The van der Waals surface area contributed by atoms with Crippen molar-refractivity contribution in [1.82, 2.24) is 0 Å². The van der Waals surface area contributed by atoms with E-state index in [1.165, 1.54) is 11.1 Å². The first-order valence-corrected chi connectivity index (χ1v) is 7.87. The van der Waals surface area contributed by atoms with Gasteiger partial charge in [0.25, 0.3) is 0 Å². The highest BCUT2D eigenvalue weighted by Gasteiger charge is 2.14. The lowest BCUT2D eigenvalue weighted by Crippen LogP contribution is -2.19. The normalized spacial score (nSPS) is 13.1. The van der Waals surface area contributed by atoms with Crippen LogP contribution in [-0.2, 0) is 0 Å². The van der Waals surface area contributed by atoms with Gasteiger partial charge in [-0.05, 0) is 36.0 Å². The van der Waals surface area contributed by atoms with E-state index in [0.717, 1.165) is 17.7 Å². The van der Waals surface area contributed by atoms with Crippen LogP contribution < -0.4 is 4.74 Å². The Kier molecular flexibility index (Phi) is 6.20. The molecule has 0 N–H and O–H groups in total. The molecule has 0 aliphatic carbocycles. The third-order valence-corrected chi connectivity index (χ3v) is 4.22. The summed E-state index contributed by atoms with van der Waals surface area (Å²) in [4.78, 5) is 0. The Hall–Kier alpha value is -0.500. The summed E-state index contributed by atoms with van der Waals surface area (Å²) in [5, 5.41) is 0.994. The van der Waals surface area contributed by atoms with Crippen molar-refractivity contribution in [3.05, 3.63) is 29.3 Å². The maximum absolute atomic E-state index is 6.06. The molecule has 0 aliphatic rings. The van der Waals surface area contributed by atoms with Crippen molar-refractivity contribution in [2.45, 2.75) is 40.5 Å². The van der Waals surface area contributed by atoms with E-state index in [4.69, 9.17) is 4.74 Å². The Morgan fingerprint density at radius 3 is 2.33 bits per heavy atom. The third-order valence-electron chi connectivity index (χ3n) is 3.38. The zero-order valence-electron chi connectivity index (χ0n) is 12.2. The zero-order valence-corrected chi connectivity index (χ0v) is 13.8. The van der Waals surface area contributed by atoms with Crippen LogP contribution in [0.1, 0.15) is 44.7 Å². The van der Waals surface area contributed by atoms with Crippen LogP contribution in [0.4, 0.5) is 0 Å². The van der Waals surface area contributed by atoms with E-state index < -0.39 is 0 Å². The minimum atomic E-state index is 0.502. The molecule has 0 aromatic heterocycles. The summed E-state index contributed by atoms with van der Waals surface area (Å²) in [6, 6.07) is 6.50. The Bertz CT molecular complexity index is 371. The van der Waals surface area contributed by atoms with Gasteiger partial charge >= 0.3 is 0 Å². The number of benzene rings is 1. The summed E-state index contributed by atoms with van der Waals surface area (Å²) in [6.07, 6.45) is 0. The molecule has 18 heavy (non-hydrogen) atoms. The molecule has 0 fully saturated rings. The largest absolute Gasteiger partial charge is 0.493 e. The van der Waals surface area contributed by atoms with Gasteiger partial charge < -0.3 is 4.74 Å². The molecule has 1 aromatic rings. The van der Waals surface area contributed by atoms with Crippen LogP contribution in [0.15, 0.2) is 18.2 Å². The fourth-order valence-corrected chi connectivity index (χ4v) is 2.79. The Balaban J connectivity index is 2.79. The van der Waals surface area contributed by atoms with E-state index in [0.29, 0.717) is 17.8 Å². The van der Waals surface area contributed by atoms with E-state index in [9.17, 15) is 0 Å². The number of hydrogen-bond acceptors (Lipinski definition) is 1. The molecule has 0 amide bonds. The second-order valence-corrected chi connectivity index (χ2v) is 6.31. The molecule has 1 aromatic carbocycles. The lowest BCUT2D eigenvalue weighted by atomic mass is 9.98. The lowest BCUT2D eigenvalue weighted by Gasteiger charge is -2.21. The molecule has 0 saturated heterocycles. The summed E-state index contributed by atoms with van der Waals surface area (Å²) >= 11 is 3.57. The van der Waals surface area contributed by atoms with Crippen LogP contribution in [0.5, 0.6) is 5.75 Å². The van der Waals surface area contributed by atoms with Gasteiger partial charge in [0.05, 0.1) is 6.61 Å². The van der Waals surface area contributed by atoms with Gasteiger partial charge in [-0.25, -0.2) is 0 Å². The first-order chi connectivity index (χ1) is 8.45. The number of alkyl halides is 1. The molecule has 1 rings (SSSR count). The van der Waals surface area contributed by atoms with Crippen molar-refractivity contribution < 1.29 is 4.74 Å². The molecule has 0 bridgehead atoms. The highest BCUT2D eigenvalue weighted by atomic mass is 79.9. The van der Waals surface area contributed by atoms with Crippen molar-refractivity contribution >= 4 is 15.9 Å². The molecule has 2 heteroatoms. The van der Waals surface area contributed by atoms with Gasteiger partial charge in [-0.2, -0.15) is 0 Å². The van der Waals surface area contributed by atoms with Crippen LogP contribution in [0.2, 0.25) is 0 Å². The van der Waals surface area contributed by atoms with Gasteiger partial charge in [0, 0.05) is 11.2 Å². The van der Waals surface area contributed by atoms with E-state index in [-0.39, 0.29) is 0 Å². The van der Waals surface area contributed by atoms with E-state index in [1.807, 2.05) is 0 Å². The van der Waals surface area contributed by atoms with Crippen molar-refractivity contribution in [1.29, 1.82) is 0 Å². The molecule has 0 saturated carbocycles. The van der Waals surface area contributed by atoms with Crippen LogP contribution in [0.25, 0.3) is 0 Å². The van der Waals surface area contributed by atoms with Gasteiger partial charge in [0.1, 0.15) is 5.75 Å². The van der Waals surface area contributed by atoms with Crippen molar-refractivity contribution in [2.24, 2.45) is 11.8 Å². The van der Waals surface area contributed by atoms with E-state index >= 15 is 0 Å². The Morgan fingerprint density at radius 1 is 1.17 bits per heavy atom. The number of ether oxygens (including phenoxy) is 1. The van der Waals surface area contributed by atoms with Crippen LogP contribution >= 0.6 is 15.9 Å². The second kappa shape index (κ2) is 7.18. The summed E-state index contributed by atoms with van der Waals surface area (Å²) in [7, 11) is 0. The van der Waals surface area contributed by atoms with Crippen molar-refractivity contribution in [2.75, 3.05) is 11.9 Å². The highest BCUT2D eigenvalue weighted by molar-refractivity contribution is 9.09. The van der Waals surface area contributed by atoms with Gasteiger partial charge in [0.15, 0.2) is 0 Å². The summed E-state index contributed by atoms with van der Waals surface area (Å²) in [6.45, 7) is 11.8. The Labute approximate surface area is 120 Å². The SMILES string of the molecule is Cc1ccc(C(C)C)c(OCC(CBr)C(C)C)c1. The maximum Gasteiger partial charge on any atom is 0.123 e. The monoisotopic (exact) mass is 312 g/mol. The lowest BCUT2D eigenvalue weighted by molar-refractivity contribution is 0.225. The number of rotatable bonds is 6. The summed E-state index contributed by atoms with van der Waals surface area (Å²) in [5.74, 6) is 2.75. The molecule has 0 aliphatic heterocycles. The predicted octanol–water partition coefficient (Wildman–Crippen LogP) is 5.16. The molecule has 1 unspecified atom stereocenters. The fourth-order valence-electron chi connectivity index (χ4n) is 1.86. The van der Waals surface area contributed by atoms with Crippen LogP contribution in [0.3, 0.4) is 0 Å². The molecule has 1 atom stereocenters. The van der Waals surface area contributed by atoms with Crippen LogP contribution in [0, 0.1) is 18.8 Å². The first-order valence-electron chi connectivity index (χ1n) is 6.75. The topological polar surface area (TPSA) is 9.23 Å². The molecule has 0 heterocycles. The summed E-state index contributed by atoms with van der Waals surface area (Å²) in [5.41, 5.74) is 2.56. The van der Waals surface area contributed by atoms with E-state index in [2.05, 4.69) is 68.7 Å². The fraction of sp³-hybridized carbons (Fsp3) is 0.625. The zero-order chi connectivity index (χ0) is 13.7. The average Bonchev–Trinajstić information content (AvgIpc) is 2.29. The van der Waals surface area contributed by atoms with Gasteiger partial charge in [0.2, 0.25) is 0 Å². The van der Waals surface area contributed by atoms with Crippen LogP contribution in [-0.4, -0.2) is 11.9 Å². The molecule has 0 radical (unpaired) electrons. The molecule has 102 valence electrons. The quantitative estimate of drug-likeness (QED) is 0.659. The van der Waals surface area contributed by atoms with Crippen molar-refractivity contribution in [3.8, 4) is 5.75 Å². The number of aryl methyl sites for hydroxylation is 1. The molecule has 1 nitrogen and oxygen atoms in total. The predicted molar refractivity (Wildman–Crippen MR) is 82.9 cm³/mol. The first kappa shape index (κ1) is 15.6. The van der Waals surface area contributed by atoms with Gasteiger partial charge in [-0.1, -0.05) is 55.8 Å². The Morgan fingerprint density at radius 2 is 1.83 bits per heavy atom. The van der Waals surface area contributed by atoms with E-state index in [1.54, 1.807) is 0 Å². The van der Waals surface area contributed by atoms with Gasteiger partial charge in [-0.15, -0.1) is 0 Å². The molecular weight excluding hydrogens is 288 g/mol. The smallest absolute Gasteiger partial charge is 0.123 e. The standard InChI is InChI=1S/C16H25BrO/c1-11(2)14(9-17)10-18-16-8-13(5)6-7-15(16)12(3)4/h6-8,11-12,14H,9-10H2,1-5H3. The highest BCUT2D eigenvalue weighted by Crippen LogP contribution is 2.28. The number of halogens is 1. The average molecular weight is 313 g/mol. The molecule has 0 spiro atoms. The minimum Gasteiger partial charge on any atom is -0.493 e. The van der Waals surface area contributed by atoms with Gasteiger partial charge in [-0.3, -0.25) is 0 Å². The molecular formula is C16H25BrO. The maximum atomic E-state index is 6.06. The summed E-state index contributed by atoms with van der Waals surface area (Å²) < 4.78 is 6.06. The number of hydrogen-bond donors (Lipinski definition) is 0.